The van der Waals surface area contributed by atoms with E-state index in [9.17, 15) is 0 Å². The van der Waals surface area contributed by atoms with Gasteiger partial charge >= 0.3 is 0 Å². The van der Waals surface area contributed by atoms with Crippen LogP contribution in [0.25, 0.3) is 0 Å². The molecule has 0 saturated carbocycles. The van der Waals surface area contributed by atoms with Crippen LogP contribution in [0.1, 0.15) is 16.4 Å². The van der Waals surface area contributed by atoms with Crippen molar-refractivity contribution in [1.82, 2.24) is 15.0 Å². The van der Waals surface area contributed by atoms with E-state index in [1.165, 1.54) is 11.3 Å². The second kappa shape index (κ2) is 5.00. The molecule has 0 saturated heterocycles. The first-order chi connectivity index (χ1) is 7.78. The summed E-state index contributed by atoms with van der Waals surface area (Å²) in [5.74, 6) is 0.598. The Kier molecular flexibility index (Phi) is 3.43. The van der Waals surface area contributed by atoms with Crippen LogP contribution >= 0.6 is 11.3 Å². The molecule has 2 aromatic rings. The van der Waals surface area contributed by atoms with Crippen LogP contribution in [-0.4, -0.2) is 20.1 Å². The zero-order valence-corrected chi connectivity index (χ0v) is 9.66. The van der Waals surface area contributed by atoms with Gasteiger partial charge in [0.2, 0.25) is 5.95 Å². The molecular formula is C10H12N4OS. The molecule has 0 aliphatic carbocycles. The lowest BCUT2D eigenvalue weighted by Gasteiger charge is -2.02. The molecule has 0 aromatic carbocycles. The predicted molar refractivity (Wildman–Crippen MR) is 62.1 cm³/mol. The molecule has 2 aromatic heterocycles. The summed E-state index contributed by atoms with van der Waals surface area (Å²) in [7, 11) is 0. The standard InChI is InChI=1S/C10H12N4OS/c1-7-2-3-11-10(13-7)12-4-9-14-8(5-15)6-16-9/h2-3,6,15H,4-5H2,1H3,(H,11,12,13). The van der Waals surface area contributed by atoms with Crippen molar-refractivity contribution in [3.05, 3.63) is 34.0 Å². The molecule has 0 atom stereocenters. The first-order valence-corrected chi connectivity index (χ1v) is 5.73. The van der Waals surface area contributed by atoms with Crippen molar-refractivity contribution in [2.75, 3.05) is 5.32 Å². The van der Waals surface area contributed by atoms with Gasteiger partial charge in [-0.05, 0) is 13.0 Å². The van der Waals surface area contributed by atoms with Crippen LogP contribution in [-0.2, 0) is 13.2 Å². The molecule has 0 unspecified atom stereocenters. The first kappa shape index (κ1) is 11.0. The molecule has 16 heavy (non-hydrogen) atoms. The molecule has 0 radical (unpaired) electrons. The second-order valence-electron chi connectivity index (χ2n) is 3.27. The van der Waals surface area contributed by atoms with E-state index < -0.39 is 0 Å². The van der Waals surface area contributed by atoms with Gasteiger partial charge in [0.25, 0.3) is 0 Å². The Balaban J connectivity index is 1.96. The quantitative estimate of drug-likeness (QED) is 0.838. The summed E-state index contributed by atoms with van der Waals surface area (Å²) in [5.41, 5.74) is 1.62. The molecule has 2 heterocycles. The Morgan fingerprint density at radius 1 is 1.44 bits per heavy atom. The number of aryl methyl sites for hydroxylation is 1. The van der Waals surface area contributed by atoms with Crippen molar-refractivity contribution >= 4 is 17.3 Å². The van der Waals surface area contributed by atoms with Gasteiger partial charge in [-0.25, -0.2) is 15.0 Å². The molecule has 2 N–H and O–H groups in total. The largest absolute Gasteiger partial charge is 0.390 e. The highest BCUT2D eigenvalue weighted by Crippen LogP contribution is 2.11. The van der Waals surface area contributed by atoms with Crippen LogP contribution in [0, 0.1) is 6.92 Å². The third-order valence-electron chi connectivity index (χ3n) is 1.95. The average molecular weight is 236 g/mol. The molecule has 0 spiro atoms. The Morgan fingerprint density at radius 2 is 2.31 bits per heavy atom. The smallest absolute Gasteiger partial charge is 0.223 e. The summed E-state index contributed by atoms with van der Waals surface area (Å²) in [6.07, 6.45) is 1.71. The summed E-state index contributed by atoms with van der Waals surface area (Å²) < 4.78 is 0. The zero-order valence-electron chi connectivity index (χ0n) is 8.84. The SMILES string of the molecule is Cc1ccnc(NCc2nc(CO)cs2)n1. The van der Waals surface area contributed by atoms with Crippen molar-refractivity contribution in [2.45, 2.75) is 20.1 Å². The summed E-state index contributed by atoms with van der Waals surface area (Å²) in [6, 6.07) is 1.85. The van der Waals surface area contributed by atoms with Crippen LogP contribution in [0.2, 0.25) is 0 Å². The predicted octanol–water partition coefficient (Wildman–Crippen LogP) is 1.35. The van der Waals surface area contributed by atoms with Crippen LogP contribution in [0.3, 0.4) is 0 Å². The number of thiazole rings is 1. The van der Waals surface area contributed by atoms with Crippen molar-refractivity contribution in [3.8, 4) is 0 Å². The average Bonchev–Trinajstić information content (AvgIpc) is 2.74. The number of aromatic nitrogens is 3. The number of hydrogen-bond donors (Lipinski definition) is 2. The Morgan fingerprint density at radius 3 is 3.00 bits per heavy atom. The number of rotatable bonds is 4. The maximum absolute atomic E-state index is 8.87. The lowest BCUT2D eigenvalue weighted by Crippen LogP contribution is -2.03. The lowest BCUT2D eigenvalue weighted by atomic mass is 10.5. The minimum Gasteiger partial charge on any atom is -0.390 e. The van der Waals surface area contributed by atoms with E-state index in [2.05, 4.69) is 20.3 Å². The fraction of sp³-hybridized carbons (Fsp3) is 0.300. The van der Waals surface area contributed by atoms with E-state index in [1.54, 1.807) is 6.20 Å². The van der Waals surface area contributed by atoms with Crippen molar-refractivity contribution in [2.24, 2.45) is 0 Å². The van der Waals surface area contributed by atoms with Crippen molar-refractivity contribution in [3.63, 3.8) is 0 Å². The third-order valence-corrected chi connectivity index (χ3v) is 2.85. The molecule has 0 aliphatic rings. The van der Waals surface area contributed by atoms with E-state index >= 15 is 0 Å². The maximum atomic E-state index is 8.87. The number of anilines is 1. The van der Waals surface area contributed by atoms with Gasteiger partial charge in [-0.2, -0.15) is 0 Å². The van der Waals surface area contributed by atoms with E-state index in [4.69, 9.17) is 5.11 Å². The van der Waals surface area contributed by atoms with Gasteiger partial charge in [-0.1, -0.05) is 0 Å². The van der Waals surface area contributed by atoms with Crippen molar-refractivity contribution < 1.29 is 5.11 Å². The Hall–Kier alpha value is -1.53. The maximum Gasteiger partial charge on any atom is 0.223 e. The van der Waals surface area contributed by atoms with Crippen LogP contribution in [0.15, 0.2) is 17.6 Å². The summed E-state index contributed by atoms with van der Waals surface area (Å²) in [5, 5.41) is 14.7. The summed E-state index contributed by atoms with van der Waals surface area (Å²) >= 11 is 1.51. The lowest BCUT2D eigenvalue weighted by molar-refractivity contribution is 0.277. The molecule has 0 bridgehead atoms. The third kappa shape index (κ3) is 2.74. The van der Waals surface area contributed by atoms with Gasteiger partial charge in [0.1, 0.15) is 5.01 Å². The molecule has 0 aliphatic heterocycles. The molecule has 2 rings (SSSR count). The second-order valence-corrected chi connectivity index (χ2v) is 4.21. The van der Waals surface area contributed by atoms with E-state index in [1.807, 2.05) is 18.4 Å². The fourth-order valence-electron chi connectivity index (χ4n) is 1.19. The van der Waals surface area contributed by atoms with Crippen LogP contribution in [0.4, 0.5) is 5.95 Å². The van der Waals surface area contributed by atoms with E-state index in [0.717, 1.165) is 10.7 Å². The minimum atomic E-state index is -0.0164. The molecule has 6 heteroatoms. The van der Waals surface area contributed by atoms with Gasteiger partial charge in [0.05, 0.1) is 18.8 Å². The highest BCUT2D eigenvalue weighted by Gasteiger charge is 2.01. The number of nitrogens with one attached hydrogen (secondary N) is 1. The zero-order chi connectivity index (χ0) is 11.4. The summed E-state index contributed by atoms with van der Waals surface area (Å²) in [6.45, 7) is 2.48. The number of nitrogens with zero attached hydrogens (tertiary/aromatic N) is 3. The number of aliphatic hydroxyl groups excluding tert-OH is 1. The fourth-order valence-corrected chi connectivity index (χ4v) is 1.92. The van der Waals surface area contributed by atoms with Crippen LogP contribution < -0.4 is 5.32 Å². The molecule has 84 valence electrons. The topological polar surface area (TPSA) is 70.9 Å². The molecule has 0 fully saturated rings. The highest BCUT2D eigenvalue weighted by atomic mass is 32.1. The number of aliphatic hydroxyl groups is 1. The van der Waals surface area contributed by atoms with Gasteiger partial charge < -0.3 is 10.4 Å². The van der Waals surface area contributed by atoms with Gasteiger partial charge in [-0.15, -0.1) is 11.3 Å². The molecule has 5 nitrogen and oxygen atoms in total. The minimum absolute atomic E-state index is 0.0164. The highest BCUT2D eigenvalue weighted by molar-refractivity contribution is 7.09. The monoisotopic (exact) mass is 236 g/mol. The van der Waals surface area contributed by atoms with Gasteiger partial charge in [0.15, 0.2) is 0 Å². The first-order valence-electron chi connectivity index (χ1n) is 4.85. The van der Waals surface area contributed by atoms with Crippen molar-refractivity contribution in [1.29, 1.82) is 0 Å². The normalized spacial score (nSPS) is 10.4. The molecular weight excluding hydrogens is 224 g/mol. The van der Waals surface area contributed by atoms with E-state index in [0.29, 0.717) is 18.2 Å². The van der Waals surface area contributed by atoms with Gasteiger partial charge in [-0.3, -0.25) is 0 Å². The Bertz CT molecular complexity index is 471. The van der Waals surface area contributed by atoms with Crippen LogP contribution in [0.5, 0.6) is 0 Å². The number of hydrogen-bond acceptors (Lipinski definition) is 6. The Labute approximate surface area is 97.2 Å². The van der Waals surface area contributed by atoms with Gasteiger partial charge in [0, 0.05) is 17.3 Å². The van der Waals surface area contributed by atoms with E-state index in [-0.39, 0.29) is 6.61 Å². The summed E-state index contributed by atoms with van der Waals surface area (Å²) in [4.78, 5) is 12.5. The molecule has 0 amide bonds.